The third-order valence-corrected chi connectivity index (χ3v) is 4.51. The summed E-state index contributed by atoms with van der Waals surface area (Å²) in [7, 11) is 0. The van der Waals surface area contributed by atoms with Crippen LogP contribution in [-0.4, -0.2) is 4.98 Å². The van der Waals surface area contributed by atoms with Crippen molar-refractivity contribution >= 4 is 38.4 Å². The Bertz CT molecular complexity index is 613. The van der Waals surface area contributed by atoms with E-state index in [0.29, 0.717) is 0 Å². The van der Waals surface area contributed by atoms with Crippen LogP contribution in [0.3, 0.4) is 0 Å². The first-order chi connectivity index (χ1) is 8.33. The van der Waals surface area contributed by atoms with Crippen molar-refractivity contribution in [3.63, 3.8) is 0 Å². The number of rotatable bonds is 3. The zero-order valence-electron chi connectivity index (χ0n) is 9.38. The number of thiazole rings is 1. The molecule has 0 aliphatic rings. The molecule has 0 spiro atoms. The SMILES string of the molecule is CC(Nc1ccc2sccc2c1)c1nccs1. The lowest BCUT2D eigenvalue weighted by atomic mass is 10.2. The van der Waals surface area contributed by atoms with Crippen molar-refractivity contribution in [3.05, 3.63) is 46.2 Å². The van der Waals surface area contributed by atoms with Crippen LogP contribution in [0.1, 0.15) is 18.0 Å². The summed E-state index contributed by atoms with van der Waals surface area (Å²) in [6.07, 6.45) is 1.85. The van der Waals surface area contributed by atoms with Gasteiger partial charge in [-0.15, -0.1) is 22.7 Å². The van der Waals surface area contributed by atoms with Crippen LogP contribution in [0.5, 0.6) is 0 Å². The largest absolute Gasteiger partial charge is 0.376 e. The molecule has 2 nitrogen and oxygen atoms in total. The normalized spacial score (nSPS) is 12.8. The number of anilines is 1. The van der Waals surface area contributed by atoms with Crippen LogP contribution in [0.2, 0.25) is 0 Å². The highest BCUT2D eigenvalue weighted by molar-refractivity contribution is 7.17. The molecule has 0 amide bonds. The fourth-order valence-electron chi connectivity index (χ4n) is 1.82. The third-order valence-electron chi connectivity index (χ3n) is 2.66. The first kappa shape index (κ1) is 10.7. The predicted molar refractivity (Wildman–Crippen MR) is 76.0 cm³/mol. The third kappa shape index (κ3) is 2.18. The fourth-order valence-corrected chi connectivity index (χ4v) is 3.23. The van der Waals surface area contributed by atoms with Gasteiger partial charge in [0.1, 0.15) is 5.01 Å². The highest BCUT2D eigenvalue weighted by Crippen LogP contribution is 2.26. The lowest BCUT2D eigenvalue weighted by Crippen LogP contribution is -2.05. The van der Waals surface area contributed by atoms with Gasteiger partial charge in [-0.05, 0) is 42.0 Å². The van der Waals surface area contributed by atoms with Crippen LogP contribution in [0.25, 0.3) is 10.1 Å². The monoisotopic (exact) mass is 260 g/mol. The fraction of sp³-hybridized carbons (Fsp3) is 0.154. The Morgan fingerprint density at radius 2 is 2.12 bits per heavy atom. The molecule has 86 valence electrons. The lowest BCUT2D eigenvalue weighted by molar-refractivity contribution is 0.870. The molecule has 0 aliphatic heterocycles. The van der Waals surface area contributed by atoms with Crippen LogP contribution in [0.15, 0.2) is 41.2 Å². The van der Waals surface area contributed by atoms with Crippen LogP contribution in [0.4, 0.5) is 5.69 Å². The molecule has 1 atom stereocenters. The average molecular weight is 260 g/mol. The van der Waals surface area contributed by atoms with E-state index < -0.39 is 0 Å². The smallest absolute Gasteiger partial charge is 0.115 e. The highest BCUT2D eigenvalue weighted by Gasteiger charge is 2.07. The quantitative estimate of drug-likeness (QED) is 0.748. The Morgan fingerprint density at radius 3 is 2.94 bits per heavy atom. The second-order valence-electron chi connectivity index (χ2n) is 3.91. The number of nitrogens with one attached hydrogen (secondary N) is 1. The number of hydrogen-bond donors (Lipinski definition) is 1. The van der Waals surface area contributed by atoms with Crippen molar-refractivity contribution in [2.75, 3.05) is 5.32 Å². The molecule has 0 bridgehead atoms. The van der Waals surface area contributed by atoms with Gasteiger partial charge in [-0.2, -0.15) is 0 Å². The molecule has 1 aromatic carbocycles. The van der Waals surface area contributed by atoms with E-state index in [9.17, 15) is 0 Å². The van der Waals surface area contributed by atoms with Gasteiger partial charge < -0.3 is 5.32 Å². The topological polar surface area (TPSA) is 24.9 Å². The number of hydrogen-bond acceptors (Lipinski definition) is 4. The van der Waals surface area contributed by atoms with Gasteiger partial charge in [0, 0.05) is 22.0 Å². The molecule has 3 aromatic rings. The second kappa shape index (κ2) is 4.47. The summed E-state index contributed by atoms with van der Waals surface area (Å²) in [6.45, 7) is 2.14. The zero-order chi connectivity index (χ0) is 11.7. The lowest BCUT2D eigenvalue weighted by Gasteiger charge is -2.12. The molecule has 0 aliphatic carbocycles. The van der Waals surface area contributed by atoms with Crippen LogP contribution in [0, 0.1) is 0 Å². The number of nitrogens with zero attached hydrogens (tertiary/aromatic N) is 1. The van der Waals surface area contributed by atoms with E-state index in [1.165, 1.54) is 10.1 Å². The Balaban J connectivity index is 1.84. The van der Waals surface area contributed by atoms with Gasteiger partial charge in [-0.3, -0.25) is 0 Å². The van der Waals surface area contributed by atoms with Crippen LogP contribution in [-0.2, 0) is 0 Å². The van der Waals surface area contributed by atoms with Crippen molar-refractivity contribution in [3.8, 4) is 0 Å². The molecule has 1 N–H and O–H groups in total. The summed E-state index contributed by atoms with van der Waals surface area (Å²) >= 11 is 3.46. The molecule has 3 rings (SSSR count). The summed E-state index contributed by atoms with van der Waals surface area (Å²) in [4.78, 5) is 4.32. The van der Waals surface area contributed by atoms with E-state index in [-0.39, 0.29) is 6.04 Å². The first-order valence-electron chi connectivity index (χ1n) is 5.46. The van der Waals surface area contributed by atoms with Gasteiger partial charge in [-0.1, -0.05) is 0 Å². The minimum absolute atomic E-state index is 0.256. The summed E-state index contributed by atoms with van der Waals surface area (Å²) < 4.78 is 1.33. The molecule has 1 unspecified atom stereocenters. The Labute approximate surface area is 108 Å². The van der Waals surface area contributed by atoms with Crippen molar-refractivity contribution in [1.29, 1.82) is 0 Å². The Hall–Kier alpha value is -1.39. The van der Waals surface area contributed by atoms with E-state index in [2.05, 4.69) is 46.9 Å². The molecule has 0 saturated heterocycles. The van der Waals surface area contributed by atoms with E-state index >= 15 is 0 Å². The minimum atomic E-state index is 0.256. The molecule has 17 heavy (non-hydrogen) atoms. The molecule has 2 aromatic heterocycles. The molecule has 4 heteroatoms. The van der Waals surface area contributed by atoms with Gasteiger partial charge in [0.25, 0.3) is 0 Å². The maximum Gasteiger partial charge on any atom is 0.115 e. The number of fused-ring (bicyclic) bond motifs is 1. The van der Waals surface area contributed by atoms with Gasteiger partial charge in [0.15, 0.2) is 0 Å². The van der Waals surface area contributed by atoms with Gasteiger partial charge in [0.05, 0.1) is 6.04 Å². The van der Waals surface area contributed by atoms with Crippen molar-refractivity contribution in [2.24, 2.45) is 0 Å². The number of thiophene rings is 1. The maximum absolute atomic E-state index is 4.32. The van der Waals surface area contributed by atoms with E-state index in [0.717, 1.165) is 10.7 Å². The van der Waals surface area contributed by atoms with Crippen LogP contribution >= 0.6 is 22.7 Å². The zero-order valence-corrected chi connectivity index (χ0v) is 11.0. The predicted octanol–water partition coefficient (Wildman–Crippen LogP) is 4.53. The molecule has 0 fully saturated rings. The van der Waals surface area contributed by atoms with Gasteiger partial charge >= 0.3 is 0 Å². The molecular formula is C13H12N2S2. The van der Waals surface area contributed by atoms with Gasteiger partial charge in [0.2, 0.25) is 0 Å². The molecular weight excluding hydrogens is 248 g/mol. The van der Waals surface area contributed by atoms with Crippen molar-refractivity contribution in [1.82, 2.24) is 4.98 Å². The van der Waals surface area contributed by atoms with E-state index in [4.69, 9.17) is 0 Å². The summed E-state index contributed by atoms with van der Waals surface area (Å²) in [5.41, 5.74) is 1.15. The summed E-state index contributed by atoms with van der Waals surface area (Å²) in [5.74, 6) is 0. The summed E-state index contributed by atoms with van der Waals surface area (Å²) in [6, 6.07) is 8.89. The second-order valence-corrected chi connectivity index (χ2v) is 5.78. The van der Waals surface area contributed by atoms with E-state index in [1.54, 1.807) is 22.7 Å². The van der Waals surface area contributed by atoms with E-state index in [1.807, 2.05) is 11.6 Å². The molecule has 0 radical (unpaired) electrons. The Kier molecular flexibility index (Phi) is 2.82. The van der Waals surface area contributed by atoms with Crippen molar-refractivity contribution < 1.29 is 0 Å². The average Bonchev–Trinajstić information content (AvgIpc) is 2.99. The summed E-state index contributed by atoms with van der Waals surface area (Å²) in [5, 5.41) is 10.0. The number of benzene rings is 1. The standard InChI is InChI=1S/C13H12N2S2/c1-9(13-14-5-7-17-13)15-11-2-3-12-10(8-11)4-6-16-12/h2-9,15H,1H3. The van der Waals surface area contributed by atoms with Gasteiger partial charge in [-0.25, -0.2) is 4.98 Å². The molecule has 0 saturated carbocycles. The minimum Gasteiger partial charge on any atom is -0.376 e. The number of aromatic nitrogens is 1. The highest BCUT2D eigenvalue weighted by atomic mass is 32.1. The molecule has 2 heterocycles. The first-order valence-corrected chi connectivity index (χ1v) is 7.22. The maximum atomic E-state index is 4.32. The Morgan fingerprint density at radius 1 is 1.18 bits per heavy atom. The van der Waals surface area contributed by atoms with Crippen molar-refractivity contribution in [2.45, 2.75) is 13.0 Å². The van der Waals surface area contributed by atoms with Crippen LogP contribution < -0.4 is 5.32 Å².